The normalized spacial score (nSPS) is 20.7. The third-order valence-corrected chi connectivity index (χ3v) is 3.43. The van der Waals surface area contributed by atoms with E-state index in [0.29, 0.717) is 25.1 Å². The van der Waals surface area contributed by atoms with Gasteiger partial charge in [0, 0.05) is 25.1 Å². The van der Waals surface area contributed by atoms with E-state index >= 15 is 0 Å². The first-order valence-corrected chi connectivity index (χ1v) is 6.02. The number of carbonyl (C=O) groups is 1. The lowest BCUT2D eigenvalue weighted by Crippen LogP contribution is -2.31. The first kappa shape index (κ1) is 13.9. The molecular formula is C13H14F3NO2. The van der Waals surface area contributed by atoms with E-state index in [9.17, 15) is 23.1 Å². The topological polar surface area (TPSA) is 40.5 Å². The smallest absolute Gasteiger partial charge is 0.256 e. The number of nitrogens with zero attached hydrogens (tertiary/aromatic N) is 1. The minimum Gasteiger partial charge on any atom is -0.393 e. The molecule has 0 aromatic heterocycles. The lowest BCUT2D eigenvalue weighted by molar-refractivity contribution is 0.0757. The van der Waals surface area contributed by atoms with E-state index in [4.69, 9.17) is 0 Å². The molecule has 1 fully saturated rings. The van der Waals surface area contributed by atoms with Crippen LogP contribution in [0.25, 0.3) is 0 Å². The summed E-state index contributed by atoms with van der Waals surface area (Å²) in [6.45, 7) is 2.28. The number of hydrogen-bond acceptors (Lipinski definition) is 2. The molecule has 1 aliphatic heterocycles. The third-order valence-electron chi connectivity index (χ3n) is 3.43. The van der Waals surface area contributed by atoms with Gasteiger partial charge in [-0.15, -0.1) is 0 Å². The maximum absolute atomic E-state index is 13.5. The SMILES string of the molecule is CC(O)C1CCN(C(=O)c2cc(F)c(F)cc2F)C1. The van der Waals surface area contributed by atoms with Crippen molar-refractivity contribution < 1.29 is 23.1 Å². The maximum Gasteiger partial charge on any atom is 0.256 e. The predicted octanol–water partition coefficient (Wildman–Crippen LogP) is 1.95. The van der Waals surface area contributed by atoms with Gasteiger partial charge >= 0.3 is 0 Å². The molecule has 3 nitrogen and oxygen atoms in total. The van der Waals surface area contributed by atoms with E-state index in [-0.39, 0.29) is 12.5 Å². The highest BCUT2D eigenvalue weighted by Gasteiger charge is 2.31. The Bertz CT molecular complexity index is 505. The van der Waals surface area contributed by atoms with Crippen LogP contribution in [0.5, 0.6) is 0 Å². The van der Waals surface area contributed by atoms with Gasteiger partial charge in [-0.25, -0.2) is 13.2 Å². The van der Waals surface area contributed by atoms with Crippen molar-refractivity contribution >= 4 is 5.91 Å². The molecule has 104 valence electrons. The molecule has 0 bridgehead atoms. The van der Waals surface area contributed by atoms with Gasteiger partial charge < -0.3 is 10.0 Å². The monoisotopic (exact) mass is 273 g/mol. The van der Waals surface area contributed by atoms with Crippen LogP contribution >= 0.6 is 0 Å². The summed E-state index contributed by atoms with van der Waals surface area (Å²) in [6, 6.07) is 0.938. The van der Waals surface area contributed by atoms with Crippen LogP contribution < -0.4 is 0 Å². The Labute approximate surface area is 108 Å². The largest absolute Gasteiger partial charge is 0.393 e. The number of aliphatic hydroxyl groups is 1. The summed E-state index contributed by atoms with van der Waals surface area (Å²) in [5.41, 5.74) is -0.481. The van der Waals surface area contributed by atoms with Crippen LogP contribution in [0, 0.1) is 23.4 Å². The quantitative estimate of drug-likeness (QED) is 0.837. The number of carbonyl (C=O) groups excluding carboxylic acids is 1. The molecule has 6 heteroatoms. The van der Waals surface area contributed by atoms with Crippen molar-refractivity contribution in [1.29, 1.82) is 0 Å². The summed E-state index contributed by atoms with van der Waals surface area (Å²) in [7, 11) is 0. The highest BCUT2D eigenvalue weighted by Crippen LogP contribution is 2.23. The molecule has 0 saturated carbocycles. The minimum atomic E-state index is -1.32. The average molecular weight is 273 g/mol. The van der Waals surface area contributed by atoms with E-state index in [1.165, 1.54) is 4.90 Å². The molecule has 1 aromatic rings. The molecule has 2 rings (SSSR count). The molecule has 19 heavy (non-hydrogen) atoms. The van der Waals surface area contributed by atoms with Crippen LogP contribution in [0.4, 0.5) is 13.2 Å². The van der Waals surface area contributed by atoms with Crippen molar-refractivity contribution in [2.75, 3.05) is 13.1 Å². The van der Waals surface area contributed by atoms with Crippen molar-refractivity contribution in [1.82, 2.24) is 4.90 Å². The molecule has 1 heterocycles. The van der Waals surface area contributed by atoms with E-state index in [2.05, 4.69) is 0 Å². The van der Waals surface area contributed by atoms with Crippen LogP contribution in [0.15, 0.2) is 12.1 Å². The molecule has 0 aliphatic carbocycles. The second-order valence-corrected chi connectivity index (χ2v) is 4.79. The number of aliphatic hydroxyl groups excluding tert-OH is 1. The standard InChI is InChI=1S/C13H14F3NO2/c1-7(18)8-2-3-17(6-8)13(19)9-4-11(15)12(16)5-10(9)14/h4-5,7-8,18H,2-3,6H2,1H3. The van der Waals surface area contributed by atoms with Gasteiger partial charge in [-0.3, -0.25) is 4.79 Å². The zero-order chi connectivity index (χ0) is 14.2. The van der Waals surface area contributed by atoms with Crippen molar-refractivity contribution in [3.8, 4) is 0 Å². The minimum absolute atomic E-state index is 0.0719. The van der Waals surface area contributed by atoms with Crippen molar-refractivity contribution in [3.05, 3.63) is 35.1 Å². The summed E-state index contributed by atoms with van der Waals surface area (Å²) < 4.78 is 39.3. The summed E-state index contributed by atoms with van der Waals surface area (Å²) in [6.07, 6.45) is 0.0434. The number of hydrogen-bond donors (Lipinski definition) is 1. The third kappa shape index (κ3) is 2.73. The number of rotatable bonds is 2. The molecule has 1 aliphatic rings. The fraction of sp³-hybridized carbons (Fsp3) is 0.462. The Morgan fingerprint density at radius 1 is 1.32 bits per heavy atom. The predicted molar refractivity (Wildman–Crippen MR) is 62.0 cm³/mol. The van der Waals surface area contributed by atoms with Crippen molar-refractivity contribution in [3.63, 3.8) is 0 Å². The molecule has 1 N–H and O–H groups in total. The molecule has 0 radical (unpaired) electrons. The van der Waals surface area contributed by atoms with Gasteiger partial charge in [0.2, 0.25) is 0 Å². The van der Waals surface area contributed by atoms with Gasteiger partial charge in [0.25, 0.3) is 5.91 Å². The fourth-order valence-electron chi connectivity index (χ4n) is 2.22. The number of benzene rings is 1. The zero-order valence-corrected chi connectivity index (χ0v) is 10.4. The highest BCUT2D eigenvalue weighted by atomic mass is 19.2. The van der Waals surface area contributed by atoms with Crippen LogP contribution in [0.3, 0.4) is 0 Å². The van der Waals surface area contributed by atoms with E-state index in [0.717, 1.165) is 0 Å². The van der Waals surface area contributed by atoms with Gasteiger partial charge in [-0.2, -0.15) is 0 Å². The van der Waals surface area contributed by atoms with Gasteiger partial charge in [-0.05, 0) is 19.4 Å². The van der Waals surface area contributed by atoms with Crippen LogP contribution in [-0.4, -0.2) is 35.1 Å². The van der Waals surface area contributed by atoms with Crippen molar-refractivity contribution in [2.24, 2.45) is 5.92 Å². The van der Waals surface area contributed by atoms with Crippen molar-refractivity contribution in [2.45, 2.75) is 19.4 Å². The van der Waals surface area contributed by atoms with E-state index < -0.39 is 35.0 Å². The zero-order valence-electron chi connectivity index (χ0n) is 10.4. The number of likely N-dealkylation sites (tertiary alicyclic amines) is 1. The van der Waals surface area contributed by atoms with E-state index in [1.807, 2.05) is 0 Å². The first-order valence-electron chi connectivity index (χ1n) is 6.02. The molecule has 1 amide bonds. The second-order valence-electron chi connectivity index (χ2n) is 4.79. The van der Waals surface area contributed by atoms with Gasteiger partial charge in [0.15, 0.2) is 11.6 Å². The van der Waals surface area contributed by atoms with Crippen LogP contribution in [0.1, 0.15) is 23.7 Å². The molecule has 2 unspecified atom stereocenters. The van der Waals surface area contributed by atoms with Gasteiger partial charge in [-0.1, -0.05) is 0 Å². The summed E-state index contributed by atoms with van der Waals surface area (Å²) in [5.74, 6) is -4.41. The lowest BCUT2D eigenvalue weighted by atomic mass is 10.0. The molecule has 1 aromatic carbocycles. The average Bonchev–Trinajstić information content (AvgIpc) is 2.82. The summed E-state index contributed by atoms with van der Waals surface area (Å²) in [5, 5.41) is 9.44. The molecule has 0 spiro atoms. The number of halogens is 3. The first-order chi connectivity index (χ1) is 8.90. The van der Waals surface area contributed by atoms with Crippen LogP contribution in [0.2, 0.25) is 0 Å². The Morgan fingerprint density at radius 3 is 2.53 bits per heavy atom. The van der Waals surface area contributed by atoms with Crippen LogP contribution in [-0.2, 0) is 0 Å². The maximum atomic E-state index is 13.5. The van der Waals surface area contributed by atoms with E-state index in [1.54, 1.807) is 6.92 Å². The highest BCUT2D eigenvalue weighted by molar-refractivity contribution is 5.94. The lowest BCUT2D eigenvalue weighted by Gasteiger charge is -2.18. The summed E-state index contributed by atoms with van der Waals surface area (Å²) in [4.78, 5) is 13.4. The number of amides is 1. The second kappa shape index (κ2) is 5.21. The Morgan fingerprint density at radius 2 is 1.95 bits per heavy atom. The van der Waals surface area contributed by atoms with Gasteiger partial charge in [0.05, 0.1) is 11.7 Å². The fourth-order valence-corrected chi connectivity index (χ4v) is 2.22. The molecule has 1 saturated heterocycles. The summed E-state index contributed by atoms with van der Waals surface area (Å²) >= 11 is 0. The Balaban J connectivity index is 2.19. The molecule has 2 atom stereocenters. The Hall–Kier alpha value is -1.56. The van der Waals surface area contributed by atoms with Gasteiger partial charge in [0.1, 0.15) is 5.82 Å². The Kier molecular flexibility index (Phi) is 3.80. The molecular weight excluding hydrogens is 259 g/mol.